The molecule has 1 heterocycles. The fourth-order valence-electron chi connectivity index (χ4n) is 2.15. The second-order valence-corrected chi connectivity index (χ2v) is 5.29. The number of nitrogens with one attached hydrogen (secondary N) is 2. The number of hydrogen-bond donors (Lipinski definition) is 2. The summed E-state index contributed by atoms with van der Waals surface area (Å²) in [6.07, 6.45) is 2.32. The third-order valence-electron chi connectivity index (χ3n) is 3.57. The molecule has 5 heteroatoms. The zero-order valence-corrected chi connectivity index (χ0v) is 12.1. The van der Waals surface area contributed by atoms with Crippen LogP contribution in [-0.4, -0.2) is 17.0 Å². The molecule has 1 aliphatic rings. The molecule has 1 aromatic heterocycles. The van der Waals surface area contributed by atoms with Crippen LogP contribution in [0.3, 0.4) is 0 Å². The number of nitriles is 1. The monoisotopic (exact) mass is 279 g/mol. The Morgan fingerprint density at radius 1 is 1.19 bits per heavy atom. The molecule has 1 fully saturated rings. The lowest BCUT2D eigenvalue weighted by atomic mass is 10.1. The highest BCUT2D eigenvalue weighted by molar-refractivity contribution is 5.64. The topological polar surface area (TPSA) is 73.6 Å². The van der Waals surface area contributed by atoms with Gasteiger partial charge in [-0.2, -0.15) is 5.26 Å². The fourth-order valence-corrected chi connectivity index (χ4v) is 2.15. The summed E-state index contributed by atoms with van der Waals surface area (Å²) in [5.41, 5.74) is 2.61. The van der Waals surface area contributed by atoms with Gasteiger partial charge in [-0.05, 0) is 37.5 Å². The number of aryl methyl sites for hydroxylation is 1. The molecular formula is C16H17N5. The van der Waals surface area contributed by atoms with Gasteiger partial charge in [0.1, 0.15) is 17.5 Å². The van der Waals surface area contributed by atoms with Crippen LogP contribution in [0.15, 0.2) is 24.3 Å². The van der Waals surface area contributed by atoms with E-state index in [0.717, 1.165) is 41.6 Å². The third kappa shape index (κ3) is 2.95. The molecule has 0 atom stereocenters. The number of nitrogens with zero attached hydrogens (tertiary/aromatic N) is 3. The van der Waals surface area contributed by atoms with Crippen LogP contribution in [0.25, 0.3) is 0 Å². The van der Waals surface area contributed by atoms with Crippen LogP contribution in [0, 0.1) is 18.3 Å². The van der Waals surface area contributed by atoms with Crippen LogP contribution in [0.4, 0.5) is 17.3 Å². The number of benzene rings is 1. The van der Waals surface area contributed by atoms with Crippen molar-refractivity contribution < 1.29 is 0 Å². The molecule has 2 N–H and O–H groups in total. The highest BCUT2D eigenvalue weighted by Crippen LogP contribution is 2.39. The van der Waals surface area contributed by atoms with Crippen molar-refractivity contribution in [2.75, 3.05) is 17.7 Å². The standard InChI is InChI=1S/C16H17N5/c1-10-3-4-11(9-17)7-13(10)19-15-8-14(18-2)20-16(21-15)12-5-6-12/h3-4,7-8,12H,5-6H2,1-2H3,(H2,18,19,20,21). The van der Waals surface area contributed by atoms with Crippen LogP contribution < -0.4 is 10.6 Å². The lowest BCUT2D eigenvalue weighted by Gasteiger charge is -2.11. The molecule has 0 bridgehead atoms. The normalized spacial score (nSPS) is 13.6. The smallest absolute Gasteiger partial charge is 0.136 e. The van der Waals surface area contributed by atoms with E-state index < -0.39 is 0 Å². The van der Waals surface area contributed by atoms with Crippen molar-refractivity contribution in [3.8, 4) is 6.07 Å². The van der Waals surface area contributed by atoms with Crippen LogP contribution in [0.2, 0.25) is 0 Å². The quantitative estimate of drug-likeness (QED) is 0.898. The van der Waals surface area contributed by atoms with E-state index in [0.29, 0.717) is 11.5 Å². The first-order chi connectivity index (χ1) is 10.2. The Morgan fingerprint density at radius 3 is 2.62 bits per heavy atom. The molecule has 1 aliphatic carbocycles. The molecule has 5 nitrogen and oxygen atoms in total. The van der Waals surface area contributed by atoms with Crippen LogP contribution >= 0.6 is 0 Å². The van der Waals surface area contributed by atoms with E-state index in [9.17, 15) is 0 Å². The number of rotatable bonds is 4. The lowest BCUT2D eigenvalue weighted by Crippen LogP contribution is -2.04. The minimum Gasteiger partial charge on any atom is -0.373 e. The summed E-state index contributed by atoms with van der Waals surface area (Å²) in [6.45, 7) is 2.01. The molecule has 0 radical (unpaired) electrons. The summed E-state index contributed by atoms with van der Waals surface area (Å²) >= 11 is 0. The van der Waals surface area contributed by atoms with Gasteiger partial charge in [-0.15, -0.1) is 0 Å². The van der Waals surface area contributed by atoms with Crippen molar-refractivity contribution >= 4 is 17.3 Å². The van der Waals surface area contributed by atoms with Gasteiger partial charge in [0.25, 0.3) is 0 Å². The molecule has 1 aromatic carbocycles. The van der Waals surface area contributed by atoms with Crippen LogP contribution in [-0.2, 0) is 0 Å². The molecule has 2 aromatic rings. The van der Waals surface area contributed by atoms with Gasteiger partial charge < -0.3 is 10.6 Å². The average molecular weight is 279 g/mol. The number of anilines is 3. The van der Waals surface area contributed by atoms with Gasteiger partial charge in [-0.25, -0.2) is 9.97 Å². The Hall–Kier alpha value is -2.61. The summed E-state index contributed by atoms with van der Waals surface area (Å²) in [6, 6.07) is 9.63. The predicted molar refractivity (Wildman–Crippen MR) is 82.7 cm³/mol. The lowest BCUT2D eigenvalue weighted by molar-refractivity contribution is 0.932. The molecule has 0 amide bonds. The summed E-state index contributed by atoms with van der Waals surface area (Å²) in [5.74, 6) is 2.95. The summed E-state index contributed by atoms with van der Waals surface area (Å²) in [5, 5.41) is 15.4. The van der Waals surface area contributed by atoms with E-state index in [4.69, 9.17) is 5.26 Å². The molecule has 21 heavy (non-hydrogen) atoms. The van der Waals surface area contributed by atoms with Gasteiger partial charge in [0.05, 0.1) is 11.6 Å². The van der Waals surface area contributed by atoms with Crippen molar-refractivity contribution in [1.29, 1.82) is 5.26 Å². The number of hydrogen-bond acceptors (Lipinski definition) is 5. The van der Waals surface area contributed by atoms with Crippen LogP contribution in [0.1, 0.15) is 35.7 Å². The van der Waals surface area contributed by atoms with Gasteiger partial charge >= 0.3 is 0 Å². The van der Waals surface area contributed by atoms with E-state index in [2.05, 4.69) is 26.7 Å². The van der Waals surface area contributed by atoms with Gasteiger partial charge in [0.15, 0.2) is 0 Å². The molecule has 0 unspecified atom stereocenters. The minimum atomic E-state index is 0.491. The second-order valence-electron chi connectivity index (χ2n) is 5.29. The van der Waals surface area contributed by atoms with Crippen molar-refractivity contribution in [1.82, 2.24) is 9.97 Å². The first kappa shape index (κ1) is 13.4. The average Bonchev–Trinajstić information content (AvgIpc) is 3.34. The summed E-state index contributed by atoms with van der Waals surface area (Å²) in [7, 11) is 1.85. The molecule has 0 aliphatic heterocycles. The maximum absolute atomic E-state index is 9.01. The Balaban J connectivity index is 1.94. The predicted octanol–water partition coefficient (Wildman–Crippen LogP) is 3.32. The highest BCUT2D eigenvalue weighted by Gasteiger charge is 2.27. The van der Waals surface area contributed by atoms with E-state index in [1.54, 1.807) is 0 Å². The van der Waals surface area contributed by atoms with E-state index in [1.165, 1.54) is 0 Å². The first-order valence-electron chi connectivity index (χ1n) is 7.04. The highest BCUT2D eigenvalue weighted by atomic mass is 15.1. The van der Waals surface area contributed by atoms with Gasteiger partial charge in [-0.1, -0.05) is 6.07 Å². The minimum absolute atomic E-state index is 0.491. The Kier molecular flexibility index (Phi) is 3.44. The third-order valence-corrected chi connectivity index (χ3v) is 3.57. The van der Waals surface area contributed by atoms with E-state index in [-0.39, 0.29) is 0 Å². The van der Waals surface area contributed by atoms with Crippen molar-refractivity contribution in [2.24, 2.45) is 0 Å². The van der Waals surface area contributed by atoms with Crippen molar-refractivity contribution in [3.05, 3.63) is 41.2 Å². The first-order valence-corrected chi connectivity index (χ1v) is 7.04. The second kappa shape index (κ2) is 5.41. The molecule has 3 rings (SSSR count). The molecule has 106 valence electrons. The summed E-state index contributed by atoms with van der Waals surface area (Å²) < 4.78 is 0. The molecular weight excluding hydrogens is 262 g/mol. The largest absolute Gasteiger partial charge is 0.373 e. The van der Waals surface area contributed by atoms with Gasteiger partial charge in [-0.3, -0.25) is 0 Å². The Morgan fingerprint density at radius 2 is 1.95 bits per heavy atom. The molecule has 0 spiro atoms. The van der Waals surface area contributed by atoms with E-state index in [1.807, 2.05) is 38.2 Å². The van der Waals surface area contributed by atoms with Crippen molar-refractivity contribution in [2.45, 2.75) is 25.7 Å². The fraction of sp³-hybridized carbons (Fsp3) is 0.312. The Labute approximate surface area is 124 Å². The van der Waals surface area contributed by atoms with Gasteiger partial charge in [0.2, 0.25) is 0 Å². The van der Waals surface area contributed by atoms with Crippen LogP contribution in [0.5, 0.6) is 0 Å². The zero-order valence-electron chi connectivity index (χ0n) is 12.1. The summed E-state index contributed by atoms with van der Waals surface area (Å²) in [4.78, 5) is 9.09. The SMILES string of the molecule is CNc1cc(Nc2cc(C#N)ccc2C)nc(C2CC2)n1. The Bertz CT molecular complexity index is 713. The van der Waals surface area contributed by atoms with Crippen molar-refractivity contribution in [3.63, 3.8) is 0 Å². The molecule has 1 saturated carbocycles. The maximum atomic E-state index is 9.01. The maximum Gasteiger partial charge on any atom is 0.136 e. The van der Waals surface area contributed by atoms with Gasteiger partial charge in [0, 0.05) is 24.7 Å². The van der Waals surface area contributed by atoms with E-state index >= 15 is 0 Å². The zero-order chi connectivity index (χ0) is 14.8. The number of aromatic nitrogens is 2. The molecule has 0 saturated heterocycles.